The van der Waals surface area contributed by atoms with Crippen LogP contribution in [-0.4, -0.2) is 36.9 Å². The summed E-state index contributed by atoms with van der Waals surface area (Å²) in [6.45, 7) is 1.82. The Morgan fingerprint density at radius 2 is 2.37 bits per heavy atom. The fourth-order valence-electron chi connectivity index (χ4n) is 1.81. The van der Waals surface area contributed by atoms with E-state index in [0.29, 0.717) is 11.0 Å². The molecule has 19 heavy (non-hydrogen) atoms. The van der Waals surface area contributed by atoms with Crippen molar-refractivity contribution in [2.45, 2.75) is 23.8 Å². The van der Waals surface area contributed by atoms with E-state index in [1.165, 1.54) is 11.8 Å². The highest BCUT2D eigenvalue weighted by molar-refractivity contribution is 8.00. The van der Waals surface area contributed by atoms with Crippen LogP contribution in [0.5, 0.6) is 0 Å². The molecule has 8 heteroatoms. The number of hydrogen-bond donors (Lipinski definition) is 1. The van der Waals surface area contributed by atoms with Gasteiger partial charge in [-0.25, -0.2) is 0 Å². The first-order chi connectivity index (χ1) is 9.15. The molecule has 6 nitrogen and oxygen atoms in total. The van der Waals surface area contributed by atoms with Crippen molar-refractivity contribution >= 4 is 34.8 Å². The van der Waals surface area contributed by atoms with Crippen molar-refractivity contribution in [3.05, 3.63) is 28.2 Å². The third-order valence-electron chi connectivity index (χ3n) is 2.66. The monoisotopic (exact) mass is 294 g/mol. The minimum atomic E-state index is -0.841. The number of carboxylic acids is 1. The van der Waals surface area contributed by atoms with Gasteiger partial charge in [0.25, 0.3) is 0 Å². The second-order valence-electron chi connectivity index (χ2n) is 4.01. The molecule has 0 amide bonds. The van der Waals surface area contributed by atoms with Crippen molar-refractivity contribution in [2.75, 3.05) is 0 Å². The van der Waals surface area contributed by atoms with Crippen LogP contribution in [0, 0.1) is 6.92 Å². The molecule has 0 spiro atoms. The molecular formula is C11H10N4O2S2. The van der Waals surface area contributed by atoms with Gasteiger partial charge in [-0.3, -0.25) is 4.79 Å². The lowest BCUT2D eigenvalue weighted by atomic mass is 10.1. The maximum absolute atomic E-state index is 11.0. The lowest BCUT2D eigenvalue weighted by molar-refractivity contribution is -0.136. The molecular weight excluding hydrogens is 284 g/mol. The fraction of sp³-hybridized carbons (Fsp3) is 0.273. The SMILES string of the molecule is Cc1nnc2n1N=C(c1cccs1)[C@@H](CC(=O)O)S2. The van der Waals surface area contributed by atoms with E-state index in [9.17, 15) is 4.79 Å². The number of aliphatic carboxylic acids is 1. The predicted octanol–water partition coefficient (Wildman–Crippen LogP) is 1.85. The van der Waals surface area contributed by atoms with Gasteiger partial charge in [-0.05, 0) is 18.4 Å². The number of rotatable bonds is 3. The number of hydrogen-bond acceptors (Lipinski definition) is 6. The van der Waals surface area contributed by atoms with E-state index in [-0.39, 0.29) is 11.7 Å². The molecule has 0 fully saturated rings. The Morgan fingerprint density at radius 3 is 3.05 bits per heavy atom. The van der Waals surface area contributed by atoms with Crippen LogP contribution in [0.25, 0.3) is 0 Å². The minimum Gasteiger partial charge on any atom is -0.481 e. The first kappa shape index (κ1) is 12.4. The molecule has 0 bridgehead atoms. The van der Waals surface area contributed by atoms with Gasteiger partial charge in [-0.15, -0.1) is 21.5 Å². The van der Waals surface area contributed by atoms with Crippen molar-refractivity contribution in [1.29, 1.82) is 0 Å². The zero-order valence-electron chi connectivity index (χ0n) is 9.98. The second-order valence-corrected chi connectivity index (χ2v) is 6.13. The van der Waals surface area contributed by atoms with E-state index in [1.54, 1.807) is 16.0 Å². The molecule has 98 valence electrons. The van der Waals surface area contributed by atoms with E-state index in [0.717, 1.165) is 10.6 Å². The molecule has 0 aromatic carbocycles. The van der Waals surface area contributed by atoms with Crippen LogP contribution in [0.2, 0.25) is 0 Å². The molecule has 2 aromatic rings. The Hall–Kier alpha value is -1.67. The molecule has 1 aliphatic heterocycles. The second kappa shape index (κ2) is 4.78. The smallest absolute Gasteiger partial charge is 0.304 e. The van der Waals surface area contributed by atoms with Gasteiger partial charge in [0.1, 0.15) is 0 Å². The number of nitrogens with zero attached hydrogens (tertiary/aromatic N) is 4. The largest absolute Gasteiger partial charge is 0.481 e. The molecule has 3 heterocycles. The lowest BCUT2D eigenvalue weighted by Gasteiger charge is -2.20. The third kappa shape index (κ3) is 2.28. The summed E-state index contributed by atoms with van der Waals surface area (Å²) in [6.07, 6.45) is 0.0211. The lowest BCUT2D eigenvalue weighted by Crippen LogP contribution is -2.26. The van der Waals surface area contributed by atoms with Crippen molar-refractivity contribution in [1.82, 2.24) is 14.9 Å². The Bertz CT molecular complexity index is 648. The highest BCUT2D eigenvalue weighted by Gasteiger charge is 2.30. The number of carboxylic acid groups (broad SMARTS) is 1. The summed E-state index contributed by atoms with van der Waals surface area (Å²) in [7, 11) is 0. The van der Waals surface area contributed by atoms with Crippen LogP contribution in [0.4, 0.5) is 0 Å². The maximum atomic E-state index is 11.0. The number of aryl methyl sites for hydroxylation is 1. The standard InChI is InChI=1S/C11H10N4O2S2/c1-6-12-13-11-15(6)14-10(7-3-2-4-18-7)8(19-11)5-9(16)17/h2-4,8H,5H2,1H3,(H,16,17)/t8-/m1/s1. The average molecular weight is 294 g/mol. The van der Waals surface area contributed by atoms with Gasteiger partial charge in [-0.2, -0.15) is 9.78 Å². The Balaban J connectivity index is 2.06. The molecule has 3 rings (SSSR count). The van der Waals surface area contributed by atoms with Gasteiger partial charge in [0.05, 0.1) is 22.3 Å². The van der Waals surface area contributed by atoms with Crippen LogP contribution in [0.15, 0.2) is 27.8 Å². The average Bonchev–Trinajstić information content (AvgIpc) is 2.98. The topological polar surface area (TPSA) is 80.4 Å². The van der Waals surface area contributed by atoms with Gasteiger partial charge >= 0.3 is 5.97 Å². The molecule has 0 saturated heterocycles. The van der Waals surface area contributed by atoms with E-state index in [4.69, 9.17) is 5.11 Å². The molecule has 0 unspecified atom stereocenters. The first-order valence-electron chi connectivity index (χ1n) is 5.58. The van der Waals surface area contributed by atoms with Crippen LogP contribution in [-0.2, 0) is 4.79 Å². The quantitative estimate of drug-likeness (QED) is 0.934. The molecule has 0 saturated carbocycles. The number of thiophene rings is 1. The zero-order chi connectivity index (χ0) is 13.4. The van der Waals surface area contributed by atoms with Gasteiger partial charge in [0, 0.05) is 0 Å². The van der Waals surface area contributed by atoms with Gasteiger partial charge in [0.15, 0.2) is 5.82 Å². The predicted molar refractivity (Wildman–Crippen MR) is 72.9 cm³/mol. The number of thioether (sulfide) groups is 1. The Labute approximate surface area is 117 Å². The Morgan fingerprint density at radius 1 is 1.53 bits per heavy atom. The Kier molecular flexibility index (Phi) is 3.11. The molecule has 0 aliphatic carbocycles. The number of aromatic nitrogens is 3. The molecule has 2 aromatic heterocycles. The summed E-state index contributed by atoms with van der Waals surface area (Å²) in [5.74, 6) is -0.142. The van der Waals surface area contributed by atoms with Gasteiger partial charge < -0.3 is 5.11 Å². The highest BCUT2D eigenvalue weighted by Crippen LogP contribution is 2.33. The van der Waals surface area contributed by atoms with Crippen molar-refractivity contribution in [3.8, 4) is 0 Å². The fourth-order valence-corrected chi connectivity index (χ4v) is 3.78. The van der Waals surface area contributed by atoms with Crippen LogP contribution >= 0.6 is 23.1 Å². The van der Waals surface area contributed by atoms with Crippen molar-refractivity contribution < 1.29 is 9.90 Å². The summed E-state index contributed by atoms with van der Waals surface area (Å²) >= 11 is 2.95. The third-order valence-corrected chi connectivity index (χ3v) is 4.69. The van der Waals surface area contributed by atoms with Crippen molar-refractivity contribution in [3.63, 3.8) is 0 Å². The van der Waals surface area contributed by atoms with Gasteiger partial charge in [0.2, 0.25) is 5.16 Å². The molecule has 1 atom stereocenters. The minimum absolute atomic E-state index is 0.0211. The summed E-state index contributed by atoms with van der Waals surface area (Å²) in [5.41, 5.74) is 0.776. The molecule has 1 N–H and O–H groups in total. The molecule has 1 aliphatic rings. The van der Waals surface area contributed by atoms with E-state index in [2.05, 4.69) is 15.3 Å². The highest BCUT2D eigenvalue weighted by atomic mass is 32.2. The summed E-state index contributed by atoms with van der Waals surface area (Å²) in [6, 6.07) is 3.88. The maximum Gasteiger partial charge on any atom is 0.304 e. The molecule has 0 radical (unpaired) electrons. The number of fused-ring (bicyclic) bond motifs is 1. The summed E-state index contributed by atoms with van der Waals surface area (Å²) in [5, 5.41) is 23.9. The van der Waals surface area contributed by atoms with Crippen LogP contribution < -0.4 is 0 Å². The zero-order valence-corrected chi connectivity index (χ0v) is 11.6. The summed E-state index contributed by atoms with van der Waals surface area (Å²) < 4.78 is 1.66. The van der Waals surface area contributed by atoms with E-state index in [1.807, 2.05) is 24.4 Å². The van der Waals surface area contributed by atoms with Gasteiger partial charge in [-0.1, -0.05) is 17.8 Å². The number of carbonyl (C=O) groups is 1. The van der Waals surface area contributed by atoms with Crippen LogP contribution in [0.3, 0.4) is 0 Å². The first-order valence-corrected chi connectivity index (χ1v) is 7.34. The van der Waals surface area contributed by atoms with E-state index >= 15 is 0 Å². The normalized spacial score (nSPS) is 17.9. The van der Waals surface area contributed by atoms with E-state index < -0.39 is 5.97 Å². The van der Waals surface area contributed by atoms with Crippen LogP contribution in [0.1, 0.15) is 17.1 Å². The summed E-state index contributed by atoms with van der Waals surface area (Å²) in [4.78, 5) is 12.0. The van der Waals surface area contributed by atoms with Crippen molar-refractivity contribution in [2.24, 2.45) is 5.10 Å².